The van der Waals surface area contributed by atoms with Crippen LogP contribution in [0, 0.1) is 0 Å². The first kappa shape index (κ1) is 17.3. The summed E-state index contributed by atoms with van der Waals surface area (Å²) in [5.74, 6) is -3.16. The molecule has 0 atom stereocenters. The highest BCUT2D eigenvalue weighted by molar-refractivity contribution is 6.04. The Kier molecular flexibility index (Phi) is 5.05. The van der Waals surface area contributed by atoms with Crippen LogP contribution in [0.1, 0.15) is 10.4 Å². The van der Waals surface area contributed by atoms with E-state index < -0.39 is 17.9 Å². The van der Waals surface area contributed by atoms with Crippen LogP contribution in [0.4, 0.5) is 5.69 Å². The third-order valence-electron chi connectivity index (χ3n) is 3.35. The van der Waals surface area contributed by atoms with E-state index in [4.69, 9.17) is 9.84 Å². The van der Waals surface area contributed by atoms with Crippen LogP contribution in [-0.4, -0.2) is 55.7 Å². The van der Waals surface area contributed by atoms with Crippen LogP contribution in [-0.2, 0) is 23.8 Å². The molecule has 0 amide bonds. The Morgan fingerprint density at radius 2 is 1.83 bits per heavy atom. The predicted molar refractivity (Wildman–Crippen MR) is 79.4 cm³/mol. The molecule has 0 saturated heterocycles. The summed E-state index contributed by atoms with van der Waals surface area (Å²) in [5.41, 5.74) is -0.419. The van der Waals surface area contributed by atoms with Crippen molar-refractivity contribution >= 4 is 23.6 Å². The van der Waals surface area contributed by atoms with Crippen LogP contribution in [0.15, 0.2) is 29.5 Å². The fourth-order valence-electron chi connectivity index (χ4n) is 2.21. The number of methoxy groups -OCH3 is 2. The largest absolute Gasteiger partial charge is 0.506 e. The van der Waals surface area contributed by atoms with Gasteiger partial charge in [0, 0.05) is 0 Å². The van der Waals surface area contributed by atoms with Crippen LogP contribution in [0.5, 0.6) is 5.75 Å². The van der Waals surface area contributed by atoms with Crippen molar-refractivity contribution in [1.29, 1.82) is 0 Å². The maximum absolute atomic E-state index is 12.1. The summed E-state index contributed by atoms with van der Waals surface area (Å²) in [6.07, 6.45) is 0. The van der Waals surface area contributed by atoms with Gasteiger partial charge in [-0.05, 0) is 18.2 Å². The maximum Gasteiger partial charge on any atom is 0.355 e. The second-order valence-electron chi connectivity index (χ2n) is 4.72. The first-order chi connectivity index (χ1) is 11.4. The van der Waals surface area contributed by atoms with Gasteiger partial charge in [0.05, 0.1) is 37.7 Å². The molecule has 1 aliphatic heterocycles. The summed E-state index contributed by atoms with van der Waals surface area (Å²) < 4.78 is 14.6. The number of phenolic OH excluding ortho intramolecular Hbond substituents is 1. The predicted octanol–water partition coefficient (Wildman–Crippen LogP) is 0.485. The quantitative estimate of drug-likeness (QED) is 0.755. The van der Waals surface area contributed by atoms with Gasteiger partial charge in [-0.2, -0.15) is 0 Å². The molecule has 1 aromatic carbocycles. The van der Waals surface area contributed by atoms with E-state index in [1.54, 1.807) is 0 Å². The first-order valence-corrected chi connectivity index (χ1v) is 6.72. The number of nitrogens with zero attached hydrogens (tertiary/aromatic N) is 1. The molecule has 0 radical (unpaired) electrons. The SMILES string of the molecule is COC(=O)C1=C(C(=O)OC)N(c2cc(C(=O)O)ccc2O)COC1. The molecule has 0 unspecified atom stereocenters. The van der Waals surface area contributed by atoms with E-state index in [1.807, 2.05) is 0 Å². The number of hydrogen-bond donors (Lipinski definition) is 2. The van der Waals surface area contributed by atoms with Crippen LogP contribution in [0.25, 0.3) is 0 Å². The van der Waals surface area contributed by atoms with E-state index in [9.17, 15) is 19.5 Å². The van der Waals surface area contributed by atoms with Crippen LogP contribution >= 0.6 is 0 Å². The van der Waals surface area contributed by atoms with Crippen molar-refractivity contribution in [3.05, 3.63) is 35.0 Å². The number of carboxylic acid groups (broad SMARTS) is 1. The van der Waals surface area contributed by atoms with E-state index in [-0.39, 0.29) is 41.6 Å². The average molecular weight is 337 g/mol. The second kappa shape index (κ2) is 7.01. The molecule has 1 heterocycles. The minimum absolute atomic E-state index is 0.0172. The number of rotatable bonds is 4. The monoisotopic (exact) mass is 337 g/mol. The standard InChI is InChI=1S/C15H15NO8/c1-22-14(20)9-6-24-7-16(12(9)15(21)23-2)10-5-8(13(18)19)3-4-11(10)17/h3-5,17H,6-7H2,1-2H3,(H,18,19). The number of carboxylic acids is 1. The van der Waals surface area contributed by atoms with E-state index in [0.717, 1.165) is 25.2 Å². The average Bonchev–Trinajstić information content (AvgIpc) is 2.59. The molecule has 0 saturated carbocycles. The first-order valence-electron chi connectivity index (χ1n) is 6.72. The molecule has 2 rings (SSSR count). The Bertz CT molecular complexity index is 724. The lowest BCUT2D eigenvalue weighted by molar-refractivity contribution is -0.140. The molecule has 9 nitrogen and oxygen atoms in total. The number of hydrogen-bond acceptors (Lipinski definition) is 8. The van der Waals surface area contributed by atoms with Crippen molar-refractivity contribution in [2.24, 2.45) is 0 Å². The number of aromatic hydroxyl groups is 1. The minimum Gasteiger partial charge on any atom is -0.506 e. The smallest absolute Gasteiger partial charge is 0.355 e. The molecule has 9 heteroatoms. The van der Waals surface area contributed by atoms with Crippen LogP contribution in [0.2, 0.25) is 0 Å². The molecule has 0 fully saturated rings. The number of anilines is 1. The Hall–Kier alpha value is -3.07. The minimum atomic E-state index is -1.22. The number of phenols is 1. The third-order valence-corrected chi connectivity index (χ3v) is 3.35. The molecular weight excluding hydrogens is 322 g/mol. The van der Waals surface area contributed by atoms with Gasteiger partial charge in [0.25, 0.3) is 0 Å². The summed E-state index contributed by atoms with van der Waals surface area (Å²) in [4.78, 5) is 36.3. The van der Waals surface area contributed by atoms with Gasteiger partial charge in [-0.25, -0.2) is 14.4 Å². The number of esters is 2. The molecule has 1 aromatic rings. The lowest BCUT2D eigenvalue weighted by atomic mass is 10.1. The van der Waals surface area contributed by atoms with E-state index in [2.05, 4.69) is 9.47 Å². The molecule has 0 aliphatic carbocycles. The molecule has 128 valence electrons. The van der Waals surface area contributed by atoms with Gasteiger partial charge >= 0.3 is 17.9 Å². The lowest BCUT2D eigenvalue weighted by Gasteiger charge is -2.31. The van der Waals surface area contributed by atoms with Gasteiger partial charge in [0.1, 0.15) is 18.2 Å². The zero-order chi connectivity index (χ0) is 17.9. The lowest BCUT2D eigenvalue weighted by Crippen LogP contribution is -2.38. The molecule has 0 spiro atoms. The van der Waals surface area contributed by atoms with Crippen LogP contribution < -0.4 is 4.90 Å². The van der Waals surface area contributed by atoms with Crippen LogP contribution in [0.3, 0.4) is 0 Å². The van der Waals surface area contributed by atoms with Gasteiger partial charge in [-0.1, -0.05) is 0 Å². The van der Waals surface area contributed by atoms with Crippen molar-refractivity contribution in [1.82, 2.24) is 0 Å². The fraction of sp³-hybridized carbons (Fsp3) is 0.267. The van der Waals surface area contributed by atoms with Crippen molar-refractivity contribution in [2.45, 2.75) is 0 Å². The topological polar surface area (TPSA) is 123 Å². The fourth-order valence-corrected chi connectivity index (χ4v) is 2.21. The summed E-state index contributed by atoms with van der Waals surface area (Å²) in [5, 5.41) is 19.1. The molecular formula is C15H15NO8. The molecule has 1 aliphatic rings. The zero-order valence-corrected chi connectivity index (χ0v) is 12.9. The molecule has 24 heavy (non-hydrogen) atoms. The number of aromatic carboxylic acids is 1. The van der Waals surface area contributed by atoms with Crippen molar-refractivity contribution < 1.29 is 38.8 Å². The van der Waals surface area contributed by atoms with Crippen molar-refractivity contribution in [2.75, 3.05) is 32.5 Å². The Labute approximate surface area is 136 Å². The normalized spacial score (nSPS) is 14.3. The number of carbonyl (C=O) groups excluding carboxylic acids is 2. The zero-order valence-electron chi connectivity index (χ0n) is 12.9. The number of benzene rings is 1. The third kappa shape index (κ3) is 3.15. The number of carbonyl (C=O) groups is 3. The molecule has 0 aromatic heterocycles. The summed E-state index contributed by atoms with van der Waals surface area (Å²) in [6.45, 7) is -0.380. The maximum atomic E-state index is 12.1. The summed E-state index contributed by atoms with van der Waals surface area (Å²) >= 11 is 0. The number of ether oxygens (including phenoxy) is 3. The van der Waals surface area contributed by atoms with Gasteiger partial charge < -0.3 is 29.3 Å². The Morgan fingerprint density at radius 3 is 2.42 bits per heavy atom. The van der Waals surface area contributed by atoms with E-state index in [0.29, 0.717) is 0 Å². The summed E-state index contributed by atoms with van der Waals surface area (Å²) in [7, 11) is 2.27. The van der Waals surface area contributed by atoms with E-state index >= 15 is 0 Å². The second-order valence-corrected chi connectivity index (χ2v) is 4.72. The Morgan fingerprint density at radius 1 is 1.17 bits per heavy atom. The highest BCUT2D eigenvalue weighted by atomic mass is 16.5. The molecule has 2 N–H and O–H groups in total. The highest BCUT2D eigenvalue weighted by Gasteiger charge is 2.33. The molecule has 0 bridgehead atoms. The van der Waals surface area contributed by atoms with Gasteiger partial charge in [0.2, 0.25) is 0 Å². The van der Waals surface area contributed by atoms with Gasteiger partial charge in [-0.3, -0.25) is 0 Å². The summed E-state index contributed by atoms with van der Waals surface area (Å²) in [6, 6.07) is 3.53. The highest BCUT2D eigenvalue weighted by Crippen LogP contribution is 2.34. The Balaban J connectivity index is 2.63. The van der Waals surface area contributed by atoms with Gasteiger partial charge in [0.15, 0.2) is 0 Å². The van der Waals surface area contributed by atoms with Crippen molar-refractivity contribution in [3.63, 3.8) is 0 Å². The van der Waals surface area contributed by atoms with Gasteiger partial charge in [-0.15, -0.1) is 0 Å². The van der Waals surface area contributed by atoms with Crippen molar-refractivity contribution in [3.8, 4) is 5.75 Å². The van der Waals surface area contributed by atoms with E-state index in [1.165, 1.54) is 12.1 Å².